The van der Waals surface area contributed by atoms with Crippen molar-refractivity contribution in [3.63, 3.8) is 0 Å². The lowest BCUT2D eigenvalue weighted by Gasteiger charge is -2.44. The standard InChI is InChI=1S/C13H21N3OS2/c1-2-3-8-18-13-12(14-19-15-13)17-11-9-16-6-4-10(11)5-7-16/h10-11H,2-9H2,1H3/t11-/m1/s1. The molecule has 1 aromatic heterocycles. The number of nitrogens with zero attached hydrogens (tertiary/aromatic N) is 3. The molecule has 2 bridgehead atoms. The van der Waals surface area contributed by atoms with Gasteiger partial charge in [0, 0.05) is 6.54 Å². The van der Waals surface area contributed by atoms with E-state index in [-0.39, 0.29) is 0 Å². The van der Waals surface area contributed by atoms with Crippen molar-refractivity contribution in [1.29, 1.82) is 0 Å². The summed E-state index contributed by atoms with van der Waals surface area (Å²) in [6.07, 6.45) is 5.33. The van der Waals surface area contributed by atoms with Gasteiger partial charge in [0.2, 0.25) is 0 Å². The molecule has 1 atom stereocenters. The fraction of sp³-hybridized carbons (Fsp3) is 0.846. The van der Waals surface area contributed by atoms with Gasteiger partial charge in [-0.1, -0.05) is 25.1 Å². The first-order valence-electron chi connectivity index (χ1n) is 7.21. The summed E-state index contributed by atoms with van der Waals surface area (Å²) in [7, 11) is 0. The molecule has 106 valence electrons. The second-order valence-electron chi connectivity index (χ2n) is 5.37. The van der Waals surface area contributed by atoms with E-state index >= 15 is 0 Å². The second kappa shape index (κ2) is 6.41. The highest BCUT2D eigenvalue weighted by atomic mass is 32.2. The van der Waals surface area contributed by atoms with Crippen molar-refractivity contribution in [3.05, 3.63) is 0 Å². The molecule has 6 heteroatoms. The van der Waals surface area contributed by atoms with Gasteiger partial charge in [0.25, 0.3) is 5.88 Å². The fourth-order valence-electron chi connectivity index (χ4n) is 2.83. The van der Waals surface area contributed by atoms with E-state index in [1.807, 2.05) is 0 Å². The molecule has 0 aliphatic carbocycles. The van der Waals surface area contributed by atoms with Crippen molar-refractivity contribution in [2.45, 2.75) is 43.7 Å². The Balaban J connectivity index is 1.59. The summed E-state index contributed by atoms with van der Waals surface area (Å²) >= 11 is 3.06. The van der Waals surface area contributed by atoms with Crippen molar-refractivity contribution in [2.24, 2.45) is 5.92 Å². The van der Waals surface area contributed by atoms with Crippen LogP contribution >= 0.6 is 23.5 Å². The molecule has 3 saturated heterocycles. The quantitative estimate of drug-likeness (QED) is 0.596. The van der Waals surface area contributed by atoms with Gasteiger partial charge in [0.1, 0.15) is 6.10 Å². The van der Waals surface area contributed by atoms with Gasteiger partial charge in [-0.2, -0.15) is 4.37 Å². The molecule has 0 amide bonds. The predicted molar refractivity (Wildman–Crippen MR) is 79.1 cm³/mol. The van der Waals surface area contributed by atoms with E-state index in [1.54, 1.807) is 11.8 Å². The molecular formula is C13H21N3OS2. The average Bonchev–Trinajstić information content (AvgIpc) is 2.88. The number of rotatable bonds is 6. The van der Waals surface area contributed by atoms with Crippen molar-refractivity contribution in [1.82, 2.24) is 13.6 Å². The van der Waals surface area contributed by atoms with Gasteiger partial charge in [0.15, 0.2) is 5.03 Å². The minimum Gasteiger partial charge on any atom is -0.470 e. The monoisotopic (exact) mass is 299 g/mol. The largest absolute Gasteiger partial charge is 0.470 e. The van der Waals surface area contributed by atoms with E-state index in [2.05, 4.69) is 20.6 Å². The third-order valence-electron chi connectivity index (χ3n) is 4.03. The second-order valence-corrected chi connectivity index (χ2v) is 6.98. The first kappa shape index (κ1) is 13.6. The average molecular weight is 299 g/mol. The van der Waals surface area contributed by atoms with Crippen molar-refractivity contribution >= 4 is 23.5 Å². The van der Waals surface area contributed by atoms with E-state index in [0.29, 0.717) is 6.10 Å². The number of hydrogen-bond donors (Lipinski definition) is 0. The molecule has 1 aromatic rings. The Morgan fingerprint density at radius 1 is 1.37 bits per heavy atom. The van der Waals surface area contributed by atoms with Crippen LogP contribution in [-0.4, -0.2) is 45.1 Å². The summed E-state index contributed by atoms with van der Waals surface area (Å²) in [5, 5.41) is 0.995. The Morgan fingerprint density at radius 3 is 2.89 bits per heavy atom. The van der Waals surface area contributed by atoms with Crippen LogP contribution in [0.3, 0.4) is 0 Å². The summed E-state index contributed by atoms with van der Waals surface area (Å²) in [6, 6.07) is 0. The fourth-order valence-corrected chi connectivity index (χ4v) is 4.44. The van der Waals surface area contributed by atoms with Crippen LogP contribution in [0.4, 0.5) is 0 Å². The van der Waals surface area contributed by atoms with Crippen LogP contribution in [0.2, 0.25) is 0 Å². The minimum absolute atomic E-state index is 0.330. The topological polar surface area (TPSA) is 38.3 Å². The van der Waals surface area contributed by atoms with Crippen LogP contribution in [0, 0.1) is 5.92 Å². The highest BCUT2D eigenvalue weighted by molar-refractivity contribution is 7.99. The smallest absolute Gasteiger partial charge is 0.260 e. The van der Waals surface area contributed by atoms with Gasteiger partial charge in [0.05, 0.1) is 11.7 Å². The maximum absolute atomic E-state index is 6.17. The third-order valence-corrected chi connectivity index (χ3v) is 5.69. The van der Waals surface area contributed by atoms with Crippen LogP contribution in [-0.2, 0) is 0 Å². The SMILES string of the molecule is CCCCSc1nsnc1O[C@@H]1CN2CCC1CC2. The zero-order chi connectivity index (χ0) is 13.1. The Morgan fingerprint density at radius 2 is 2.21 bits per heavy atom. The number of thioether (sulfide) groups is 1. The van der Waals surface area contributed by atoms with E-state index in [1.165, 1.54) is 50.5 Å². The summed E-state index contributed by atoms with van der Waals surface area (Å²) in [5.41, 5.74) is 0. The molecule has 0 aromatic carbocycles. The minimum atomic E-state index is 0.330. The van der Waals surface area contributed by atoms with Gasteiger partial charge in [-0.05, 0) is 44.0 Å². The molecule has 0 radical (unpaired) electrons. The molecule has 0 spiro atoms. The lowest BCUT2D eigenvalue weighted by Crippen LogP contribution is -2.52. The van der Waals surface area contributed by atoms with Crippen LogP contribution in [0.5, 0.6) is 5.88 Å². The molecule has 4 rings (SSSR count). The number of hydrogen-bond acceptors (Lipinski definition) is 6. The maximum Gasteiger partial charge on any atom is 0.260 e. The van der Waals surface area contributed by atoms with Gasteiger partial charge >= 0.3 is 0 Å². The van der Waals surface area contributed by atoms with E-state index in [4.69, 9.17) is 4.74 Å². The highest BCUT2D eigenvalue weighted by Crippen LogP contribution is 2.34. The first-order chi connectivity index (χ1) is 9.36. The van der Waals surface area contributed by atoms with Gasteiger partial charge in [-0.3, -0.25) is 4.90 Å². The summed E-state index contributed by atoms with van der Waals surface area (Å²) < 4.78 is 14.9. The van der Waals surface area contributed by atoms with Gasteiger partial charge < -0.3 is 4.74 Å². The lowest BCUT2D eigenvalue weighted by molar-refractivity contribution is -0.0110. The predicted octanol–water partition coefficient (Wildman–Crippen LogP) is 2.90. The molecule has 0 unspecified atom stereocenters. The van der Waals surface area contributed by atoms with Gasteiger partial charge in [-0.15, -0.1) is 4.37 Å². The van der Waals surface area contributed by atoms with Crippen LogP contribution in [0.1, 0.15) is 32.6 Å². The van der Waals surface area contributed by atoms with Crippen LogP contribution < -0.4 is 4.74 Å². The first-order valence-corrected chi connectivity index (χ1v) is 8.92. The normalized spacial score (nSPS) is 29.6. The van der Waals surface area contributed by atoms with E-state index < -0.39 is 0 Å². The zero-order valence-electron chi connectivity index (χ0n) is 11.4. The molecule has 3 aliphatic rings. The molecule has 3 fully saturated rings. The molecular weight excluding hydrogens is 278 g/mol. The molecule has 4 nitrogen and oxygen atoms in total. The Hall–Kier alpha value is -0.330. The number of unbranched alkanes of at least 4 members (excludes halogenated alkanes) is 1. The lowest BCUT2D eigenvalue weighted by atomic mass is 9.86. The Bertz CT molecular complexity index is 404. The highest BCUT2D eigenvalue weighted by Gasteiger charge is 2.36. The van der Waals surface area contributed by atoms with Crippen molar-refractivity contribution < 1.29 is 4.74 Å². The third kappa shape index (κ3) is 3.23. The molecule has 0 N–H and O–H groups in total. The molecule has 4 heterocycles. The maximum atomic E-state index is 6.17. The molecule has 19 heavy (non-hydrogen) atoms. The summed E-state index contributed by atoms with van der Waals surface area (Å²) in [6.45, 7) is 5.78. The Labute approximate surface area is 123 Å². The number of aromatic nitrogens is 2. The van der Waals surface area contributed by atoms with Crippen LogP contribution in [0.25, 0.3) is 0 Å². The number of fused-ring (bicyclic) bond motifs is 3. The van der Waals surface area contributed by atoms with Crippen molar-refractivity contribution in [3.8, 4) is 5.88 Å². The molecule has 3 aliphatic heterocycles. The van der Waals surface area contributed by atoms with E-state index in [9.17, 15) is 0 Å². The van der Waals surface area contributed by atoms with Gasteiger partial charge in [-0.25, -0.2) is 0 Å². The van der Waals surface area contributed by atoms with Crippen molar-refractivity contribution in [2.75, 3.05) is 25.4 Å². The number of ether oxygens (including phenoxy) is 1. The van der Waals surface area contributed by atoms with E-state index in [0.717, 1.165) is 29.1 Å². The Kier molecular flexibility index (Phi) is 4.61. The van der Waals surface area contributed by atoms with Crippen LogP contribution in [0.15, 0.2) is 5.03 Å². The molecule has 0 saturated carbocycles. The summed E-state index contributed by atoms with van der Waals surface area (Å²) in [5.74, 6) is 2.61. The zero-order valence-corrected chi connectivity index (χ0v) is 13.0. The number of piperidine rings is 3. The summed E-state index contributed by atoms with van der Waals surface area (Å²) in [4.78, 5) is 2.51.